The quantitative estimate of drug-likeness (QED) is 0.422. The van der Waals surface area contributed by atoms with E-state index >= 15 is 0 Å². The first-order chi connectivity index (χ1) is 19.3. The monoisotopic (exact) mass is 547 g/mol. The average molecular weight is 548 g/mol. The number of rotatable bonds is 6. The van der Waals surface area contributed by atoms with Crippen LogP contribution in [0.4, 0.5) is 0 Å². The van der Waals surface area contributed by atoms with Gasteiger partial charge in [0.2, 0.25) is 5.76 Å². The number of ether oxygens (including phenoxy) is 3. The third-order valence-corrected chi connectivity index (χ3v) is 10.4. The summed E-state index contributed by atoms with van der Waals surface area (Å²) in [6.07, 6.45) is 8.10. The number of piperidine rings is 1. The zero-order valence-electron chi connectivity index (χ0n) is 24.6. The molecule has 40 heavy (non-hydrogen) atoms. The summed E-state index contributed by atoms with van der Waals surface area (Å²) >= 11 is 0. The minimum absolute atomic E-state index is 0.0253. The van der Waals surface area contributed by atoms with Crippen molar-refractivity contribution in [3.8, 4) is 0 Å². The molecule has 0 unspecified atom stereocenters. The highest BCUT2D eigenvalue weighted by Gasteiger charge is 2.56. The van der Waals surface area contributed by atoms with Crippen molar-refractivity contribution in [2.75, 3.05) is 13.7 Å². The van der Waals surface area contributed by atoms with E-state index in [1.54, 1.807) is 14.0 Å². The highest BCUT2D eigenvalue weighted by molar-refractivity contribution is 5.93. The molecular weight excluding hydrogens is 502 g/mol. The molecule has 6 heteroatoms. The molecule has 1 N–H and O–H groups in total. The van der Waals surface area contributed by atoms with Crippen LogP contribution in [0.5, 0.6) is 0 Å². The summed E-state index contributed by atoms with van der Waals surface area (Å²) in [6.45, 7) is 9.37. The van der Waals surface area contributed by atoms with Gasteiger partial charge in [-0.1, -0.05) is 51.1 Å². The number of methoxy groups -OCH3 is 1. The Morgan fingerprint density at radius 1 is 1.10 bits per heavy atom. The molecule has 8 atom stereocenters. The predicted molar refractivity (Wildman–Crippen MR) is 154 cm³/mol. The first-order valence-corrected chi connectivity index (χ1v) is 15.4. The summed E-state index contributed by atoms with van der Waals surface area (Å²) in [5.74, 6) is 4.48. The highest BCUT2D eigenvalue weighted by atomic mass is 16.6. The van der Waals surface area contributed by atoms with Gasteiger partial charge in [-0.3, -0.25) is 4.90 Å². The van der Waals surface area contributed by atoms with E-state index in [0.717, 1.165) is 38.0 Å². The second kappa shape index (κ2) is 11.0. The van der Waals surface area contributed by atoms with E-state index in [0.29, 0.717) is 46.5 Å². The third-order valence-electron chi connectivity index (χ3n) is 10.4. The number of cyclic esters (lactones) is 1. The molecule has 3 fully saturated rings. The Kier molecular flexibility index (Phi) is 7.60. The molecule has 1 aliphatic carbocycles. The molecular formula is C34H45NO5. The fourth-order valence-corrected chi connectivity index (χ4v) is 8.60. The van der Waals surface area contributed by atoms with E-state index < -0.39 is 0 Å². The fourth-order valence-electron chi connectivity index (χ4n) is 8.60. The van der Waals surface area contributed by atoms with Crippen LogP contribution in [0.1, 0.15) is 77.7 Å². The van der Waals surface area contributed by atoms with Gasteiger partial charge in [0.25, 0.3) is 0 Å². The molecule has 0 radical (unpaired) electrons. The smallest absolute Gasteiger partial charge is 0.343 e. The van der Waals surface area contributed by atoms with Crippen LogP contribution in [0.2, 0.25) is 0 Å². The van der Waals surface area contributed by atoms with Crippen LogP contribution in [0.3, 0.4) is 0 Å². The lowest BCUT2D eigenvalue weighted by atomic mass is 9.68. The van der Waals surface area contributed by atoms with Crippen molar-refractivity contribution in [3.63, 3.8) is 0 Å². The summed E-state index contributed by atoms with van der Waals surface area (Å²) in [5, 5.41) is 11.8. The number of carbonyl (C=O) groups is 1. The number of fused-ring (bicyclic) bond motifs is 4. The molecule has 1 saturated carbocycles. The average Bonchev–Trinajstić information content (AvgIpc) is 3.55. The van der Waals surface area contributed by atoms with Gasteiger partial charge in [0, 0.05) is 30.5 Å². The van der Waals surface area contributed by atoms with Crippen LogP contribution < -0.4 is 0 Å². The molecule has 0 amide bonds. The number of nitrogens with zero attached hydrogens (tertiary/aromatic N) is 1. The van der Waals surface area contributed by atoms with Crippen molar-refractivity contribution in [2.24, 2.45) is 29.6 Å². The Morgan fingerprint density at radius 3 is 2.60 bits per heavy atom. The van der Waals surface area contributed by atoms with Crippen LogP contribution in [-0.4, -0.2) is 47.8 Å². The molecule has 5 aliphatic rings. The largest absolute Gasteiger partial charge is 0.492 e. The summed E-state index contributed by atoms with van der Waals surface area (Å²) < 4.78 is 17.9. The van der Waals surface area contributed by atoms with Gasteiger partial charge in [-0.2, -0.15) is 0 Å². The predicted octanol–water partition coefficient (Wildman–Crippen LogP) is 6.30. The van der Waals surface area contributed by atoms with Crippen molar-refractivity contribution in [3.05, 3.63) is 70.6 Å². The zero-order chi connectivity index (χ0) is 28.1. The molecule has 0 aromatic heterocycles. The lowest BCUT2D eigenvalue weighted by Gasteiger charge is -2.52. The first-order valence-electron chi connectivity index (χ1n) is 15.4. The number of aliphatic hydroxyl groups excluding tert-OH is 1. The molecule has 1 aromatic rings. The number of hydrogen-bond donors (Lipinski definition) is 1. The number of allylic oxidation sites excluding steroid dienone is 1. The molecule has 0 spiro atoms. The number of benzene rings is 1. The molecule has 6 rings (SSSR count). The molecule has 2 saturated heterocycles. The molecule has 4 heterocycles. The topological polar surface area (TPSA) is 68.2 Å². The van der Waals surface area contributed by atoms with E-state index in [1.165, 1.54) is 18.4 Å². The molecule has 1 aromatic carbocycles. The van der Waals surface area contributed by atoms with Crippen molar-refractivity contribution >= 4 is 5.97 Å². The van der Waals surface area contributed by atoms with Crippen molar-refractivity contribution in [2.45, 2.75) is 90.3 Å². The lowest BCUT2D eigenvalue weighted by molar-refractivity contribution is -0.133. The SMILES string of the molecule is COC1=C(C)C(=O)OC1=C1OC2=CCCN3[C@H]([C@@H](O)CCC(C)C)[C@H]4CC[C@H](c5ccccc5)[C@@H]4C[C@@H]3[C@@H]2[C@H]1C. The fraction of sp³-hybridized carbons (Fsp3) is 0.618. The molecule has 216 valence electrons. The molecule has 6 nitrogen and oxygen atoms in total. The van der Waals surface area contributed by atoms with E-state index in [4.69, 9.17) is 14.2 Å². The first kappa shape index (κ1) is 27.6. The Balaban J connectivity index is 1.38. The van der Waals surface area contributed by atoms with E-state index in [1.807, 2.05) is 0 Å². The highest BCUT2D eigenvalue weighted by Crippen LogP contribution is 2.57. The number of carbonyl (C=O) groups excluding carboxylic acids is 1. The van der Waals surface area contributed by atoms with Gasteiger partial charge in [-0.25, -0.2) is 4.79 Å². The second-order valence-electron chi connectivity index (χ2n) is 13.0. The van der Waals surface area contributed by atoms with Gasteiger partial charge < -0.3 is 19.3 Å². The van der Waals surface area contributed by atoms with Crippen LogP contribution in [0.15, 0.2) is 65.0 Å². The second-order valence-corrected chi connectivity index (χ2v) is 13.0. The minimum Gasteiger partial charge on any atom is -0.492 e. The third kappa shape index (κ3) is 4.61. The summed E-state index contributed by atoms with van der Waals surface area (Å²) in [5.41, 5.74) is 1.92. The number of hydrogen-bond acceptors (Lipinski definition) is 6. The van der Waals surface area contributed by atoms with Crippen LogP contribution in [-0.2, 0) is 19.0 Å². The Hall–Kier alpha value is -2.57. The van der Waals surface area contributed by atoms with Crippen molar-refractivity contribution in [1.29, 1.82) is 0 Å². The van der Waals surface area contributed by atoms with Gasteiger partial charge in [0.1, 0.15) is 5.76 Å². The Morgan fingerprint density at radius 2 is 1.88 bits per heavy atom. The Labute approximate surface area is 239 Å². The number of esters is 1. The maximum atomic E-state index is 12.4. The summed E-state index contributed by atoms with van der Waals surface area (Å²) in [6, 6.07) is 11.4. The van der Waals surface area contributed by atoms with E-state index in [-0.39, 0.29) is 36.0 Å². The normalized spacial score (nSPS) is 36.4. The maximum absolute atomic E-state index is 12.4. The maximum Gasteiger partial charge on any atom is 0.343 e. The van der Waals surface area contributed by atoms with Gasteiger partial charge >= 0.3 is 5.97 Å². The molecule has 0 bridgehead atoms. The summed E-state index contributed by atoms with van der Waals surface area (Å²) in [4.78, 5) is 15.1. The summed E-state index contributed by atoms with van der Waals surface area (Å²) in [7, 11) is 1.58. The van der Waals surface area contributed by atoms with Crippen LogP contribution in [0, 0.1) is 29.6 Å². The standard InChI is InChI=1S/C34H45NO5/c1-19(2)13-16-27(36)30-24-15-14-23(22-10-7-6-8-11-22)25(24)18-26-29-20(3)32(39-28(29)12-9-17-35(26)30)33-31(38-5)21(4)34(37)40-33/h6-8,10-12,19-20,23-27,29-30,36H,9,13-18H2,1-5H3/t20-,23-,24+,25+,26-,27+,29+,30+/m1/s1. The van der Waals surface area contributed by atoms with E-state index in [9.17, 15) is 9.90 Å². The van der Waals surface area contributed by atoms with Gasteiger partial charge in [-0.15, -0.1) is 0 Å². The van der Waals surface area contributed by atoms with Crippen molar-refractivity contribution < 1.29 is 24.1 Å². The van der Waals surface area contributed by atoms with Crippen LogP contribution >= 0.6 is 0 Å². The zero-order valence-corrected chi connectivity index (χ0v) is 24.6. The lowest BCUT2D eigenvalue weighted by Crippen LogP contribution is -2.60. The van der Waals surface area contributed by atoms with Gasteiger partial charge in [-0.05, 0) is 80.8 Å². The van der Waals surface area contributed by atoms with Gasteiger partial charge in [0.05, 0.1) is 18.8 Å². The van der Waals surface area contributed by atoms with Gasteiger partial charge in [0.15, 0.2) is 11.5 Å². The van der Waals surface area contributed by atoms with Crippen molar-refractivity contribution in [1.82, 2.24) is 4.90 Å². The number of aliphatic hydroxyl groups is 1. The minimum atomic E-state index is -0.372. The van der Waals surface area contributed by atoms with Crippen LogP contribution in [0.25, 0.3) is 0 Å². The van der Waals surface area contributed by atoms with E-state index in [2.05, 4.69) is 62.1 Å². The Bertz CT molecular complexity index is 1220. The molecule has 4 aliphatic heterocycles.